The van der Waals surface area contributed by atoms with Crippen LogP contribution in [-0.4, -0.2) is 60.1 Å². The minimum atomic E-state index is -3.34. The number of hydrogen-bond acceptors (Lipinski definition) is 6. The van der Waals surface area contributed by atoms with Crippen LogP contribution in [-0.2, 0) is 32.9 Å². The molecule has 4 atom stereocenters. The number of benzene rings is 2. The van der Waals surface area contributed by atoms with Crippen molar-refractivity contribution in [1.82, 2.24) is 15.0 Å². The molecule has 0 saturated carbocycles. The van der Waals surface area contributed by atoms with E-state index in [4.69, 9.17) is 4.74 Å². The summed E-state index contributed by atoms with van der Waals surface area (Å²) in [7, 11) is -3.34. The monoisotopic (exact) mass is 577 g/mol. The van der Waals surface area contributed by atoms with Gasteiger partial charge < -0.3 is 18.9 Å². The van der Waals surface area contributed by atoms with Gasteiger partial charge in [0.05, 0.1) is 17.5 Å². The molecule has 1 saturated heterocycles. The summed E-state index contributed by atoms with van der Waals surface area (Å²) in [6, 6.07) is 14.7. The van der Waals surface area contributed by atoms with Crippen molar-refractivity contribution < 1.29 is 23.5 Å². The summed E-state index contributed by atoms with van der Waals surface area (Å²) in [4.78, 5) is 29.7. The van der Waals surface area contributed by atoms with Gasteiger partial charge in [-0.2, -0.15) is 0 Å². The second-order valence-electron chi connectivity index (χ2n) is 11.2. The number of nitrogens with zero attached hydrogens (tertiary/aromatic N) is 5. The minimum absolute atomic E-state index is 0.0231. The van der Waals surface area contributed by atoms with Crippen molar-refractivity contribution in [3.63, 3.8) is 0 Å². The van der Waals surface area contributed by atoms with E-state index in [2.05, 4.69) is 16.9 Å². The molecule has 2 aliphatic rings. The van der Waals surface area contributed by atoms with E-state index < -0.39 is 31.6 Å². The molecule has 2 aromatic carbocycles. The number of amides is 2. The summed E-state index contributed by atoms with van der Waals surface area (Å²) in [6.07, 6.45) is 4.47. The number of anilines is 3. The summed E-state index contributed by atoms with van der Waals surface area (Å²) >= 11 is 0. The Bertz CT molecular complexity index is 1430. The number of carbonyl (C=O) groups is 2. The van der Waals surface area contributed by atoms with Gasteiger partial charge in [0.15, 0.2) is 5.60 Å². The average molecular weight is 578 g/mol. The topological polar surface area (TPSA) is 101 Å². The molecular formula is C30H36FN5O4Si. The van der Waals surface area contributed by atoms with Crippen molar-refractivity contribution in [3.8, 4) is 0 Å². The molecule has 1 aromatic heterocycles. The highest BCUT2D eigenvalue weighted by atomic mass is 28.4. The van der Waals surface area contributed by atoms with Crippen molar-refractivity contribution in [2.45, 2.75) is 56.7 Å². The van der Waals surface area contributed by atoms with Gasteiger partial charge >= 0.3 is 0 Å². The van der Waals surface area contributed by atoms with E-state index in [-0.39, 0.29) is 19.1 Å². The van der Waals surface area contributed by atoms with Gasteiger partial charge in [0.2, 0.25) is 14.8 Å². The maximum atomic E-state index is 16.1. The van der Waals surface area contributed by atoms with E-state index in [9.17, 15) is 14.7 Å². The van der Waals surface area contributed by atoms with Crippen LogP contribution in [0.2, 0.25) is 18.6 Å². The molecule has 41 heavy (non-hydrogen) atoms. The second-order valence-corrected chi connectivity index (χ2v) is 15.0. The summed E-state index contributed by atoms with van der Waals surface area (Å²) < 4.78 is 24.6. The van der Waals surface area contributed by atoms with Crippen LogP contribution in [0.25, 0.3) is 0 Å². The van der Waals surface area contributed by atoms with E-state index in [0.717, 1.165) is 6.41 Å². The molecular weight excluding hydrogens is 541 g/mol. The highest BCUT2D eigenvalue weighted by Crippen LogP contribution is 2.60. The van der Waals surface area contributed by atoms with Gasteiger partial charge in [0.1, 0.15) is 0 Å². The third-order valence-electron chi connectivity index (χ3n) is 8.27. The first-order valence-electron chi connectivity index (χ1n) is 13.9. The van der Waals surface area contributed by atoms with Crippen LogP contribution in [0.3, 0.4) is 0 Å². The zero-order chi connectivity index (χ0) is 29.4. The number of aliphatic hydroxyl groups is 1. The van der Waals surface area contributed by atoms with Gasteiger partial charge in [0, 0.05) is 60.7 Å². The SMILES string of the molecule is C=CCN1C(=O)[C@]2(O[C@H](CCn3cc(CCO)nn3)[C@@H]([Si](C)(C)F)[C@@H]2C)c2cc(N(C=O)c3ccccc3)ccc21. The Labute approximate surface area is 240 Å². The maximum absolute atomic E-state index is 16.1. The zero-order valence-corrected chi connectivity index (χ0v) is 24.6. The number of aryl methyl sites for hydroxylation is 1. The molecule has 9 nitrogen and oxygen atoms in total. The van der Waals surface area contributed by atoms with Gasteiger partial charge in [-0.15, -0.1) is 11.7 Å². The van der Waals surface area contributed by atoms with Gasteiger partial charge in [-0.05, 0) is 49.8 Å². The first-order valence-corrected chi connectivity index (χ1v) is 16.8. The number of carbonyl (C=O) groups excluding carboxylic acids is 2. The van der Waals surface area contributed by atoms with Crippen LogP contribution >= 0.6 is 0 Å². The molecule has 0 bridgehead atoms. The summed E-state index contributed by atoms with van der Waals surface area (Å²) in [6.45, 7) is 9.76. The van der Waals surface area contributed by atoms with Crippen LogP contribution < -0.4 is 9.80 Å². The Balaban J connectivity index is 1.56. The molecule has 3 heterocycles. The van der Waals surface area contributed by atoms with E-state index in [0.29, 0.717) is 47.7 Å². The van der Waals surface area contributed by atoms with Crippen LogP contribution in [0.4, 0.5) is 21.2 Å². The fourth-order valence-electron chi connectivity index (χ4n) is 6.56. The normalized spacial score (nSPS) is 23.7. The standard InChI is InChI=1S/C30H36FN5O4Si/c1-5-15-35-26-12-11-24(36(20-38)23-9-7-6-8-10-23)18-25(26)30(29(35)39)21(2)28(41(3,4)31)27(40-30)13-16-34-19-22(14-17-37)32-33-34/h5-12,18-21,27-28,37H,1,13-17H2,2-4H3/t21-,27+,28-,30+/m0/s1. The Morgan fingerprint density at radius 2 is 1.98 bits per heavy atom. The molecule has 5 rings (SSSR count). The van der Waals surface area contributed by atoms with E-state index in [1.807, 2.05) is 49.4 Å². The third-order valence-corrected chi connectivity index (χ3v) is 10.7. The van der Waals surface area contributed by atoms with Crippen LogP contribution in [0.1, 0.15) is 24.6 Å². The molecule has 0 radical (unpaired) electrons. The Kier molecular flexibility index (Phi) is 7.95. The molecule has 2 aliphatic heterocycles. The molecule has 1 spiro atoms. The second kappa shape index (κ2) is 11.3. The van der Waals surface area contributed by atoms with Crippen molar-refractivity contribution in [3.05, 3.63) is 78.6 Å². The van der Waals surface area contributed by atoms with E-state index in [1.54, 1.807) is 41.0 Å². The maximum Gasteiger partial charge on any atom is 0.264 e. The average Bonchev–Trinajstić information content (AvgIpc) is 3.59. The molecule has 1 fully saturated rings. The highest BCUT2D eigenvalue weighted by Gasteiger charge is 2.66. The van der Waals surface area contributed by atoms with Crippen molar-refractivity contribution >= 4 is 37.8 Å². The molecule has 216 valence electrons. The molecule has 0 aliphatic carbocycles. The van der Waals surface area contributed by atoms with Crippen molar-refractivity contribution in [2.24, 2.45) is 5.92 Å². The van der Waals surface area contributed by atoms with Crippen LogP contribution in [0, 0.1) is 5.92 Å². The van der Waals surface area contributed by atoms with Crippen LogP contribution in [0.15, 0.2) is 67.4 Å². The Morgan fingerprint density at radius 1 is 1.22 bits per heavy atom. The summed E-state index contributed by atoms with van der Waals surface area (Å²) in [5.74, 6) is -0.705. The van der Waals surface area contributed by atoms with E-state index in [1.165, 1.54) is 4.90 Å². The Morgan fingerprint density at radius 3 is 2.63 bits per heavy atom. The predicted octanol–water partition coefficient (Wildman–Crippen LogP) is 4.51. The number of hydrogen-bond donors (Lipinski definition) is 1. The summed E-state index contributed by atoms with van der Waals surface area (Å²) in [5, 5.41) is 17.4. The highest BCUT2D eigenvalue weighted by molar-refractivity contribution is 6.72. The third kappa shape index (κ3) is 5.02. The molecule has 2 amide bonds. The predicted molar refractivity (Wildman–Crippen MR) is 157 cm³/mol. The van der Waals surface area contributed by atoms with Gasteiger partial charge in [-0.1, -0.05) is 36.4 Å². The first-order chi connectivity index (χ1) is 19.6. The van der Waals surface area contributed by atoms with E-state index >= 15 is 4.11 Å². The number of aliphatic hydroxyl groups excluding tert-OH is 1. The largest absolute Gasteiger partial charge is 0.396 e. The fourth-order valence-corrected chi connectivity index (χ4v) is 9.10. The number of aromatic nitrogens is 3. The molecule has 1 N–H and O–H groups in total. The van der Waals surface area contributed by atoms with Crippen LogP contribution in [0.5, 0.6) is 0 Å². The quantitative estimate of drug-likeness (QED) is 0.156. The molecule has 11 heteroatoms. The Hall–Kier alpha value is -3.67. The molecule has 3 aromatic rings. The lowest BCUT2D eigenvalue weighted by Crippen LogP contribution is -2.45. The smallest absolute Gasteiger partial charge is 0.264 e. The van der Waals surface area contributed by atoms with Gasteiger partial charge in [-0.3, -0.25) is 19.2 Å². The lowest BCUT2D eigenvalue weighted by atomic mass is 9.82. The minimum Gasteiger partial charge on any atom is -0.396 e. The fraction of sp³-hybridized carbons (Fsp3) is 0.400. The number of rotatable bonds is 11. The lowest BCUT2D eigenvalue weighted by Gasteiger charge is -2.31. The number of para-hydroxylation sites is 1. The number of halogens is 1. The lowest BCUT2D eigenvalue weighted by molar-refractivity contribution is -0.145. The zero-order valence-electron chi connectivity index (χ0n) is 23.6. The van der Waals surface area contributed by atoms with Crippen molar-refractivity contribution in [1.29, 1.82) is 0 Å². The van der Waals surface area contributed by atoms with Gasteiger partial charge in [-0.25, -0.2) is 0 Å². The first kappa shape index (κ1) is 28.8. The number of fused-ring (bicyclic) bond motifs is 2. The number of ether oxygens (including phenoxy) is 1. The summed E-state index contributed by atoms with van der Waals surface area (Å²) in [5.41, 5.74) is 1.38. The van der Waals surface area contributed by atoms with Crippen molar-refractivity contribution in [2.75, 3.05) is 23.0 Å². The molecule has 0 unspecified atom stereocenters. The van der Waals surface area contributed by atoms with Gasteiger partial charge in [0.25, 0.3) is 5.91 Å².